The van der Waals surface area contributed by atoms with Crippen LogP contribution in [-0.2, 0) is 16.6 Å². The molecule has 0 saturated carbocycles. The number of hydrogen-bond donors (Lipinski definition) is 2. The molecule has 0 saturated heterocycles. The zero-order chi connectivity index (χ0) is 20.3. The summed E-state index contributed by atoms with van der Waals surface area (Å²) in [5, 5.41) is 2.76. The predicted octanol–water partition coefficient (Wildman–Crippen LogP) is 3.77. The van der Waals surface area contributed by atoms with Crippen molar-refractivity contribution in [2.24, 2.45) is 0 Å². The van der Waals surface area contributed by atoms with Gasteiger partial charge in [0.05, 0.1) is 10.6 Å². The molecule has 6 nitrogen and oxygen atoms in total. The normalized spacial score (nSPS) is 11.2. The summed E-state index contributed by atoms with van der Waals surface area (Å²) < 4.78 is 46.1. The summed E-state index contributed by atoms with van der Waals surface area (Å²) in [6.45, 7) is 3.94. The highest BCUT2D eigenvalue weighted by Gasteiger charge is 2.17. The number of para-hydroxylation sites is 1. The van der Waals surface area contributed by atoms with Crippen LogP contribution in [-0.4, -0.2) is 14.3 Å². The first-order valence-corrected chi connectivity index (χ1v) is 9.96. The number of hydrogen-bond acceptors (Lipinski definition) is 4. The minimum atomic E-state index is -3.97. The first kappa shape index (κ1) is 19.6. The van der Waals surface area contributed by atoms with Crippen molar-refractivity contribution in [3.05, 3.63) is 83.1 Å². The number of sulfonamides is 1. The molecule has 0 aliphatic rings. The summed E-state index contributed by atoms with van der Waals surface area (Å²) in [6.07, 6.45) is 0. The Morgan fingerprint density at radius 2 is 1.75 bits per heavy atom. The van der Waals surface area contributed by atoms with Crippen LogP contribution in [0, 0.1) is 19.7 Å². The number of amides is 1. The first-order valence-electron chi connectivity index (χ1n) is 8.48. The van der Waals surface area contributed by atoms with E-state index in [1.165, 1.54) is 42.5 Å². The number of nitrogens with one attached hydrogen (secondary N) is 2. The molecule has 0 bridgehead atoms. The van der Waals surface area contributed by atoms with Crippen LogP contribution in [0.3, 0.4) is 0 Å². The van der Waals surface area contributed by atoms with Gasteiger partial charge >= 0.3 is 0 Å². The van der Waals surface area contributed by atoms with Gasteiger partial charge in [-0.1, -0.05) is 12.1 Å². The molecule has 0 atom stereocenters. The molecule has 146 valence electrons. The summed E-state index contributed by atoms with van der Waals surface area (Å²) >= 11 is 0. The van der Waals surface area contributed by atoms with Crippen molar-refractivity contribution < 1.29 is 22.0 Å². The van der Waals surface area contributed by atoms with Gasteiger partial charge in [0.15, 0.2) is 0 Å². The third-order valence-corrected chi connectivity index (χ3v) is 5.51. The zero-order valence-electron chi connectivity index (χ0n) is 15.3. The minimum absolute atomic E-state index is 0.0754. The third-order valence-electron chi connectivity index (χ3n) is 4.13. The van der Waals surface area contributed by atoms with Crippen molar-refractivity contribution in [2.45, 2.75) is 25.3 Å². The van der Waals surface area contributed by atoms with Crippen molar-refractivity contribution >= 4 is 21.6 Å². The van der Waals surface area contributed by atoms with Crippen LogP contribution >= 0.6 is 0 Å². The van der Waals surface area contributed by atoms with Gasteiger partial charge in [-0.05, 0) is 56.3 Å². The molecule has 2 aromatic carbocycles. The van der Waals surface area contributed by atoms with Gasteiger partial charge < -0.3 is 9.73 Å². The Balaban J connectivity index is 1.69. The van der Waals surface area contributed by atoms with E-state index >= 15 is 0 Å². The number of benzene rings is 2. The SMILES string of the molecule is Cc1cc(CNC(=O)c2ccc(S(=O)(=O)Nc3ccccc3F)cc2)c(C)o1. The van der Waals surface area contributed by atoms with E-state index in [0.29, 0.717) is 12.1 Å². The maximum Gasteiger partial charge on any atom is 0.261 e. The fourth-order valence-electron chi connectivity index (χ4n) is 2.67. The lowest BCUT2D eigenvalue weighted by atomic mass is 10.2. The van der Waals surface area contributed by atoms with E-state index in [0.717, 1.165) is 23.2 Å². The van der Waals surface area contributed by atoms with Gasteiger partial charge in [-0.3, -0.25) is 9.52 Å². The molecule has 1 amide bonds. The summed E-state index contributed by atoms with van der Waals surface area (Å²) in [7, 11) is -3.97. The Bertz CT molecular complexity index is 1110. The van der Waals surface area contributed by atoms with Crippen molar-refractivity contribution in [3.63, 3.8) is 0 Å². The lowest BCUT2D eigenvalue weighted by Crippen LogP contribution is -2.23. The van der Waals surface area contributed by atoms with E-state index in [-0.39, 0.29) is 16.5 Å². The van der Waals surface area contributed by atoms with Gasteiger partial charge in [0.2, 0.25) is 0 Å². The Labute approximate surface area is 162 Å². The number of carbonyl (C=O) groups excluding carboxylic acids is 1. The molecule has 0 spiro atoms. The molecular formula is C20H19FN2O4S. The molecule has 0 aliphatic carbocycles. The van der Waals surface area contributed by atoms with E-state index in [1.54, 1.807) is 0 Å². The summed E-state index contributed by atoms with van der Waals surface area (Å²) in [4.78, 5) is 12.2. The molecule has 1 heterocycles. The molecular weight excluding hydrogens is 383 g/mol. The highest BCUT2D eigenvalue weighted by atomic mass is 32.2. The molecule has 0 radical (unpaired) electrons. The predicted molar refractivity (Wildman–Crippen MR) is 103 cm³/mol. The van der Waals surface area contributed by atoms with Crippen LogP contribution in [0.4, 0.5) is 10.1 Å². The number of furan rings is 1. The smallest absolute Gasteiger partial charge is 0.261 e. The minimum Gasteiger partial charge on any atom is -0.466 e. The summed E-state index contributed by atoms with van der Waals surface area (Å²) in [5.74, 6) is 0.480. The molecule has 28 heavy (non-hydrogen) atoms. The second-order valence-corrected chi connectivity index (χ2v) is 7.91. The molecule has 1 aromatic heterocycles. The highest BCUT2D eigenvalue weighted by Crippen LogP contribution is 2.19. The molecule has 3 rings (SSSR count). The van der Waals surface area contributed by atoms with Crippen molar-refractivity contribution in [1.29, 1.82) is 0 Å². The average molecular weight is 402 g/mol. The zero-order valence-corrected chi connectivity index (χ0v) is 16.1. The molecule has 3 aromatic rings. The van der Waals surface area contributed by atoms with Crippen LogP contribution in [0.15, 0.2) is 63.9 Å². The Morgan fingerprint density at radius 1 is 1.07 bits per heavy atom. The van der Waals surface area contributed by atoms with E-state index in [9.17, 15) is 17.6 Å². The summed E-state index contributed by atoms with van der Waals surface area (Å²) in [5.41, 5.74) is 1.04. The van der Waals surface area contributed by atoms with Gasteiger partial charge in [0.1, 0.15) is 17.3 Å². The number of carbonyl (C=O) groups is 1. The van der Waals surface area contributed by atoms with Crippen LogP contribution in [0.1, 0.15) is 27.4 Å². The lowest BCUT2D eigenvalue weighted by Gasteiger charge is -2.10. The maximum absolute atomic E-state index is 13.7. The second-order valence-electron chi connectivity index (χ2n) is 6.23. The molecule has 2 N–H and O–H groups in total. The third kappa shape index (κ3) is 4.40. The lowest BCUT2D eigenvalue weighted by molar-refractivity contribution is 0.0950. The van der Waals surface area contributed by atoms with E-state index < -0.39 is 15.8 Å². The number of aryl methyl sites for hydroxylation is 2. The number of rotatable bonds is 6. The second kappa shape index (κ2) is 7.85. The van der Waals surface area contributed by atoms with Crippen molar-refractivity contribution in [3.8, 4) is 0 Å². The van der Waals surface area contributed by atoms with Crippen molar-refractivity contribution in [2.75, 3.05) is 4.72 Å². The molecule has 0 fully saturated rings. The van der Waals surface area contributed by atoms with Crippen LogP contribution in [0.5, 0.6) is 0 Å². The van der Waals surface area contributed by atoms with Gasteiger partial charge in [0.25, 0.3) is 15.9 Å². The van der Waals surface area contributed by atoms with Gasteiger partial charge in [-0.15, -0.1) is 0 Å². The van der Waals surface area contributed by atoms with Crippen LogP contribution in [0.25, 0.3) is 0 Å². The van der Waals surface area contributed by atoms with E-state index in [4.69, 9.17) is 4.42 Å². The molecule has 8 heteroatoms. The fraction of sp³-hybridized carbons (Fsp3) is 0.150. The largest absolute Gasteiger partial charge is 0.466 e. The van der Waals surface area contributed by atoms with E-state index in [2.05, 4.69) is 10.0 Å². The van der Waals surface area contributed by atoms with Gasteiger partial charge in [-0.2, -0.15) is 0 Å². The molecule has 0 aliphatic heterocycles. The Hall–Kier alpha value is -3.13. The van der Waals surface area contributed by atoms with Crippen LogP contribution in [0.2, 0.25) is 0 Å². The molecule has 0 unspecified atom stereocenters. The Kier molecular flexibility index (Phi) is 5.51. The van der Waals surface area contributed by atoms with Crippen molar-refractivity contribution in [1.82, 2.24) is 5.32 Å². The monoisotopic (exact) mass is 402 g/mol. The number of anilines is 1. The first-order chi connectivity index (χ1) is 13.3. The quantitative estimate of drug-likeness (QED) is 0.657. The van der Waals surface area contributed by atoms with E-state index in [1.807, 2.05) is 19.9 Å². The Morgan fingerprint density at radius 3 is 2.36 bits per heavy atom. The maximum atomic E-state index is 13.7. The fourth-order valence-corrected chi connectivity index (χ4v) is 3.74. The number of halogens is 1. The highest BCUT2D eigenvalue weighted by molar-refractivity contribution is 7.92. The average Bonchev–Trinajstić information content (AvgIpc) is 2.99. The summed E-state index contributed by atoms with van der Waals surface area (Å²) in [6, 6.07) is 12.7. The van der Waals surface area contributed by atoms with Gasteiger partial charge in [0, 0.05) is 17.7 Å². The topological polar surface area (TPSA) is 88.4 Å². The van der Waals surface area contributed by atoms with Gasteiger partial charge in [-0.25, -0.2) is 12.8 Å². The standard InChI is InChI=1S/C20H19FN2O4S/c1-13-11-16(14(2)27-13)12-22-20(24)15-7-9-17(10-8-15)28(25,26)23-19-6-4-3-5-18(19)21/h3-11,23H,12H2,1-2H3,(H,22,24). The van der Waals surface area contributed by atoms with Crippen LogP contribution < -0.4 is 10.0 Å².